The molecule has 1 saturated carbocycles. The number of allylic oxidation sites excluding steroid dienone is 1. The first kappa shape index (κ1) is 20.5. The number of hydrogen-bond acceptors (Lipinski definition) is 6. The summed E-state index contributed by atoms with van der Waals surface area (Å²) in [5.41, 5.74) is 6.17. The number of nitrogens with zero attached hydrogens (tertiary/aromatic N) is 3. The zero-order valence-corrected chi connectivity index (χ0v) is 17.4. The normalized spacial score (nSPS) is 18.0. The maximum absolute atomic E-state index is 13.1. The number of nitrogens with two attached hydrogens (primary N) is 1. The summed E-state index contributed by atoms with van der Waals surface area (Å²) in [4.78, 5) is 25.7. The van der Waals surface area contributed by atoms with Crippen LogP contribution in [-0.4, -0.2) is 44.5 Å². The van der Waals surface area contributed by atoms with E-state index < -0.39 is 11.5 Å². The highest BCUT2D eigenvalue weighted by Crippen LogP contribution is 2.28. The van der Waals surface area contributed by atoms with E-state index in [4.69, 9.17) is 10.5 Å². The summed E-state index contributed by atoms with van der Waals surface area (Å²) >= 11 is 0. The van der Waals surface area contributed by atoms with Gasteiger partial charge in [-0.1, -0.05) is 26.0 Å². The number of nitrogen functional groups attached to an aromatic ring is 1. The molecule has 9 nitrogen and oxygen atoms in total. The number of carbonyl (C=O) groups is 1. The van der Waals surface area contributed by atoms with Gasteiger partial charge in [-0.15, -0.1) is 5.10 Å². The Hall–Kier alpha value is -2.81. The van der Waals surface area contributed by atoms with Crippen LogP contribution in [0.25, 0.3) is 11.7 Å². The Kier molecular flexibility index (Phi) is 5.55. The second-order valence-corrected chi connectivity index (χ2v) is 8.60. The van der Waals surface area contributed by atoms with E-state index in [0.29, 0.717) is 23.7 Å². The Morgan fingerprint density at radius 3 is 2.67 bits per heavy atom. The van der Waals surface area contributed by atoms with Gasteiger partial charge in [0.15, 0.2) is 17.0 Å². The van der Waals surface area contributed by atoms with Crippen molar-refractivity contribution in [1.82, 2.24) is 19.5 Å². The van der Waals surface area contributed by atoms with Crippen molar-refractivity contribution in [2.45, 2.75) is 52.1 Å². The van der Waals surface area contributed by atoms with E-state index in [0.717, 1.165) is 43.4 Å². The molecule has 4 rings (SSSR count). The Balaban J connectivity index is 1.85. The van der Waals surface area contributed by atoms with Gasteiger partial charge in [0.25, 0.3) is 11.5 Å². The number of rotatable bonds is 6. The first-order valence-corrected chi connectivity index (χ1v) is 10.6. The maximum Gasteiger partial charge on any atom is 0.291 e. The topological polar surface area (TPSA) is 124 Å². The van der Waals surface area contributed by atoms with E-state index in [1.54, 1.807) is 4.57 Å². The van der Waals surface area contributed by atoms with Crippen molar-refractivity contribution >= 4 is 23.4 Å². The summed E-state index contributed by atoms with van der Waals surface area (Å²) in [5, 5.41) is 17.9. The van der Waals surface area contributed by atoms with Gasteiger partial charge < -0.3 is 20.9 Å². The fraction of sp³-hybridized carbons (Fsp3) is 0.571. The predicted octanol–water partition coefficient (Wildman–Crippen LogP) is 1.77. The average molecular weight is 415 g/mol. The molecule has 2 aromatic rings. The van der Waals surface area contributed by atoms with Gasteiger partial charge in [-0.25, -0.2) is 0 Å². The second kappa shape index (κ2) is 8.14. The summed E-state index contributed by atoms with van der Waals surface area (Å²) < 4.78 is 8.11. The summed E-state index contributed by atoms with van der Waals surface area (Å²) in [6.45, 7) is 5.84. The molecule has 0 unspecified atom stereocenters. The third-order valence-electron chi connectivity index (χ3n) is 5.55. The zero-order chi connectivity index (χ0) is 21.4. The molecule has 1 saturated heterocycles. The summed E-state index contributed by atoms with van der Waals surface area (Å²) in [5.74, 6) is -0.222. The van der Waals surface area contributed by atoms with Gasteiger partial charge in [-0.2, -0.15) is 4.52 Å². The van der Waals surface area contributed by atoms with Crippen LogP contribution in [-0.2, 0) is 11.3 Å². The molecule has 0 spiro atoms. The van der Waals surface area contributed by atoms with Crippen molar-refractivity contribution in [3.63, 3.8) is 0 Å². The van der Waals surface area contributed by atoms with Crippen molar-refractivity contribution in [2.75, 3.05) is 18.9 Å². The van der Waals surface area contributed by atoms with Crippen LogP contribution in [0.2, 0.25) is 0 Å². The van der Waals surface area contributed by atoms with E-state index in [2.05, 4.69) is 16.5 Å². The second-order valence-electron chi connectivity index (χ2n) is 8.60. The van der Waals surface area contributed by atoms with Crippen molar-refractivity contribution < 1.29 is 14.6 Å². The number of hydrogen-bond donors (Lipinski definition) is 3. The SMILES string of the molecule is CC(C)Cn1c(O)c(C(=O)NC2CC2)c(=O)n2nc(N)c(/C=C/C3CCOCC3)c12. The minimum Gasteiger partial charge on any atom is -0.494 e. The molecular formula is C21H29N5O4. The lowest BCUT2D eigenvalue weighted by atomic mass is 9.99. The van der Waals surface area contributed by atoms with Crippen molar-refractivity contribution in [3.8, 4) is 5.88 Å². The summed E-state index contributed by atoms with van der Waals surface area (Å²) in [7, 11) is 0. The van der Waals surface area contributed by atoms with E-state index in [9.17, 15) is 14.7 Å². The Morgan fingerprint density at radius 1 is 1.33 bits per heavy atom. The van der Waals surface area contributed by atoms with E-state index >= 15 is 0 Å². The highest BCUT2D eigenvalue weighted by atomic mass is 16.5. The smallest absolute Gasteiger partial charge is 0.291 e. The third kappa shape index (κ3) is 3.94. The maximum atomic E-state index is 13.1. The lowest BCUT2D eigenvalue weighted by molar-refractivity contribution is 0.0787. The van der Waals surface area contributed by atoms with E-state index in [-0.39, 0.29) is 29.2 Å². The van der Waals surface area contributed by atoms with Gasteiger partial charge >= 0.3 is 0 Å². The number of anilines is 1. The molecule has 1 amide bonds. The van der Waals surface area contributed by atoms with Gasteiger partial charge in [0.1, 0.15) is 0 Å². The summed E-state index contributed by atoms with van der Waals surface area (Å²) in [6.07, 6.45) is 7.53. The number of amides is 1. The molecule has 1 aliphatic carbocycles. The average Bonchev–Trinajstić information content (AvgIpc) is 3.45. The molecular weight excluding hydrogens is 386 g/mol. The van der Waals surface area contributed by atoms with Crippen LogP contribution in [0.1, 0.15) is 55.5 Å². The minimum absolute atomic E-state index is 0.0613. The van der Waals surface area contributed by atoms with Crippen molar-refractivity contribution in [2.24, 2.45) is 11.8 Å². The lowest BCUT2D eigenvalue weighted by Crippen LogP contribution is -2.34. The molecule has 0 aromatic carbocycles. The van der Waals surface area contributed by atoms with Crippen molar-refractivity contribution in [1.29, 1.82) is 0 Å². The molecule has 0 atom stereocenters. The third-order valence-corrected chi connectivity index (χ3v) is 5.55. The molecule has 2 aliphatic rings. The predicted molar refractivity (Wildman–Crippen MR) is 113 cm³/mol. The number of ether oxygens (including phenoxy) is 1. The van der Waals surface area contributed by atoms with Crippen LogP contribution in [0.3, 0.4) is 0 Å². The number of carbonyl (C=O) groups excluding carboxylic acids is 1. The van der Waals surface area contributed by atoms with Crippen LogP contribution in [0.15, 0.2) is 10.9 Å². The van der Waals surface area contributed by atoms with E-state index in [1.807, 2.05) is 19.9 Å². The number of aromatic hydroxyl groups is 1. The highest BCUT2D eigenvalue weighted by molar-refractivity contribution is 5.97. The Labute approximate surface area is 174 Å². The summed E-state index contributed by atoms with van der Waals surface area (Å²) in [6, 6.07) is 0.0613. The Morgan fingerprint density at radius 2 is 2.03 bits per heavy atom. The quantitative estimate of drug-likeness (QED) is 0.661. The van der Waals surface area contributed by atoms with Gasteiger partial charge in [0.05, 0.1) is 5.56 Å². The van der Waals surface area contributed by atoms with Gasteiger partial charge in [0, 0.05) is 25.8 Å². The first-order chi connectivity index (χ1) is 14.4. The van der Waals surface area contributed by atoms with Gasteiger partial charge in [-0.3, -0.25) is 14.2 Å². The molecule has 162 valence electrons. The molecule has 9 heteroatoms. The molecule has 2 fully saturated rings. The van der Waals surface area contributed by atoms with Gasteiger partial charge in [0.2, 0.25) is 5.88 Å². The largest absolute Gasteiger partial charge is 0.494 e. The molecule has 4 N–H and O–H groups in total. The van der Waals surface area contributed by atoms with Crippen LogP contribution in [0.5, 0.6) is 5.88 Å². The minimum atomic E-state index is -0.668. The molecule has 0 bridgehead atoms. The number of nitrogens with one attached hydrogen (secondary N) is 1. The zero-order valence-electron chi connectivity index (χ0n) is 17.4. The van der Waals surface area contributed by atoms with Crippen molar-refractivity contribution in [3.05, 3.63) is 27.6 Å². The fourth-order valence-electron chi connectivity index (χ4n) is 3.80. The fourth-order valence-corrected chi connectivity index (χ4v) is 3.80. The van der Waals surface area contributed by atoms with Gasteiger partial charge in [-0.05, 0) is 37.5 Å². The standard InChI is InChI=1S/C21H29N5O4/c1-12(2)11-25-19-15(6-3-13-7-9-30-10-8-13)17(22)24-26(19)21(29)16(20(25)28)18(27)23-14-4-5-14/h3,6,12-14,28H,4-5,7-11H2,1-2H3,(H2,22,24)(H,23,27)/b6-3+. The lowest BCUT2D eigenvalue weighted by Gasteiger charge is -2.19. The van der Waals surface area contributed by atoms with E-state index in [1.165, 1.54) is 0 Å². The molecule has 1 aliphatic heterocycles. The molecule has 3 heterocycles. The van der Waals surface area contributed by atoms with Crippen LogP contribution in [0.4, 0.5) is 5.82 Å². The van der Waals surface area contributed by atoms with Crippen LogP contribution >= 0.6 is 0 Å². The molecule has 30 heavy (non-hydrogen) atoms. The van der Waals surface area contributed by atoms with Crippen LogP contribution < -0.4 is 16.6 Å². The number of fused-ring (bicyclic) bond motifs is 1. The van der Waals surface area contributed by atoms with Crippen LogP contribution in [0, 0.1) is 11.8 Å². The molecule has 0 radical (unpaired) electrons. The number of aromatic nitrogens is 3. The molecule has 2 aromatic heterocycles. The monoisotopic (exact) mass is 415 g/mol. The Bertz CT molecular complexity index is 1040. The first-order valence-electron chi connectivity index (χ1n) is 10.6. The highest BCUT2D eigenvalue weighted by Gasteiger charge is 2.30.